The van der Waals surface area contributed by atoms with Gasteiger partial charge in [0.2, 0.25) is 0 Å². The van der Waals surface area contributed by atoms with Gasteiger partial charge in [-0.3, -0.25) is 0 Å². The first-order valence-corrected chi connectivity index (χ1v) is 4.81. The van der Waals surface area contributed by atoms with Gasteiger partial charge in [-0.05, 0) is 12.8 Å². The van der Waals surface area contributed by atoms with Crippen molar-refractivity contribution >= 4 is 0 Å². The highest BCUT2D eigenvalue weighted by Gasteiger charge is 2.21. The first-order valence-electron chi connectivity index (χ1n) is 4.81. The number of rotatable bonds is 8. The van der Waals surface area contributed by atoms with Crippen LogP contribution in [0, 0.1) is 0 Å². The molecule has 1 atom stereocenters. The van der Waals surface area contributed by atoms with Crippen LogP contribution >= 0.6 is 0 Å². The van der Waals surface area contributed by atoms with Crippen molar-refractivity contribution in [2.75, 3.05) is 33.5 Å². The summed E-state index contributed by atoms with van der Waals surface area (Å²) in [5, 5.41) is 12.6. The predicted molar refractivity (Wildman–Crippen MR) is 49.7 cm³/mol. The van der Waals surface area contributed by atoms with Crippen molar-refractivity contribution in [2.24, 2.45) is 0 Å². The van der Waals surface area contributed by atoms with E-state index < -0.39 is 6.10 Å². The van der Waals surface area contributed by atoms with Gasteiger partial charge in [-0.2, -0.15) is 0 Å². The van der Waals surface area contributed by atoms with Crippen molar-refractivity contribution in [3.8, 4) is 0 Å². The molecule has 1 aliphatic rings. The van der Waals surface area contributed by atoms with Gasteiger partial charge in [0.1, 0.15) is 0 Å². The lowest BCUT2D eigenvalue weighted by Gasteiger charge is -2.11. The van der Waals surface area contributed by atoms with Gasteiger partial charge < -0.3 is 19.9 Å². The third kappa shape index (κ3) is 5.99. The Hall–Kier alpha value is -0.160. The lowest BCUT2D eigenvalue weighted by Crippen LogP contribution is -2.32. The number of nitrogens with one attached hydrogen (secondary N) is 1. The van der Waals surface area contributed by atoms with Gasteiger partial charge in [0.05, 0.1) is 25.9 Å². The number of methoxy groups -OCH3 is 1. The Morgan fingerprint density at radius 3 is 2.85 bits per heavy atom. The Morgan fingerprint density at radius 1 is 1.46 bits per heavy atom. The Balaban J connectivity index is 1.81. The largest absolute Gasteiger partial charge is 0.389 e. The molecule has 0 aliphatic heterocycles. The molecule has 1 unspecified atom stereocenters. The van der Waals surface area contributed by atoms with Crippen molar-refractivity contribution in [3.63, 3.8) is 0 Å². The minimum Gasteiger partial charge on any atom is -0.389 e. The second-order valence-corrected chi connectivity index (χ2v) is 3.40. The quantitative estimate of drug-likeness (QED) is 0.518. The average molecular weight is 189 g/mol. The van der Waals surface area contributed by atoms with E-state index >= 15 is 0 Å². The standard InChI is InChI=1S/C9H19NO3/c1-12-4-5-13-7-9(11)6-10-8-2-3-8/h8-11H,2-7H2,1H3. The van der Waals surface area contributed by atoms with Crippen molar-refractivity contribution < 1.29 is 14.6 Å². The van der Waals surface area contributed by atoms with Crippen LogP contribution in [0.2, 0.25) is 0 Å². The van der Waals surface area contributed by atoms with E-state index in [1.807, 2.05) is 0 Å². The van der Waals surface area contributed by atoms with Crippen LogP contribution in [-0.4, -0.2) is 50.7 Å². The number of hydrogen-bond acceptors (Lipinski definition) is 4. The normalized spacial score (nSPS) is 18.9. The third-order valence-corrected chi connectivity index (χ3v) is 1.96. The van der Waals surface area contributed by atoms with Crippen LogP contribution in [0.25, 0.3) is 0 Å². The molecule has 4 heteroatoms. The van der Waals surface area contributed by atoms with E-state index in [1.165, 1.54) is 12.8 Å². The molecule has 0 aromatic carbocycles. The summed E-state index contributed by atoms with van der Waals surface area (Å²) in [4.78, 5) is 0. The van der Waals surface area contributed by atoms with Crippen LogP contribution in [-0.2, 0) is 9.47 Å². The molecule has 0 spiro atoms. The van der Waals surface area contributed by atoms with Gasteiger partial charge >= 0.3 is 0 Å². The molecule has 1 aliphatic carbocycles. The molecular formula is C9H19NO3. The van der Waals surface area contributed by atoms with E-state index in [-0.39, 0.29) is 0 Å². The predicted octanol–water partition coefficient (Wildman–Crippen LogP) is -0.238. The molecule has 0 heterocycles. The summed E-state index contributed by atoms with van der Waals surface area (Å²) in [5.41, 5.74) is 0. The first kappa shape index (κ1) is 10.9. The van der Waals surface area contributed by atoms with E-state index in [2.05, 4.69) is 5.32 Å². The third-order valence-electron chi connectivity index (χ3n) is 1.96. The maximum Gasteiger partial charge on any atom is 0.0897 e. The minimum atomic E-state index is -0.391. The zero-order chi connectivity index (χ0) is 9.52. The Labute approximate surface area is 79.2 Å². The molecule has 1 saturated carbocycles. The Bertz CT molecular complexity index is 128. The van der Waals surface area contributed by atoms with Gasteiger partial charge in [0.15, 0.2) is 0 Å². The lowest BCUT2D eigenvalue weighted by atomic mass is 10.4. The zero-order valence-corrected chi connectivity index (χ0v) is 8.16. The zero-order valence-electron chi connectivity index (χ0n) is 8.16. The summed E-state index contributed by atoms with van der Waals surface area (Å²) in [6, 6.07) is 0.647. The monoisotopic (exact) mass is 189 g/mol. The lowest BCUT2D eigenvalue weighted by molar-refractivity contribution is 0.0137. The molecule has 0 amide bonds. The Morgan fingerprint density at radius 2 is 2.23 bits per heavy atom. The molecule has 0 radical (unpaired) electrons. The molecule has 4 nitrogen and oxygen atoms in total. The molecule has 0 aromatic rings. The fraction of sp³-hybridized carbons (Fsp3) is 1.00. The van der Waals surface area contributed by atoms with E-state index in [0.717, 1.165) is 0 Å². The van der Waals surface area contributed by atoms with E-state index in [0.29, 0.717) is 32.4 Å². The van der Waals surface area contributed by atoms with Crippen LogP contribution < -0.4 is 5.32 Å². The maximum absolute atomic E-state index is 9.40. The summed E-state index contributed by atoms with van der Waals surface area (Å²) in [6.07, 6.45) is 2.10. The number of hydrogen-bond donors (Lipinski definition) is 2. The topological polar surface area (TPSA) is 50.7 Å². The highest BCUT2D eigenvalue weighted by Crippen LogP contribution is 2.18. The summed E-state index contributed by atoms with van der Waals surface area (Å²) in [7, 11) is 1.63. The van der Waals surface area contributed by atoms with E-state index in [9.17, 15) is 5.11 Å². The molecule has 0 saturated heterocycles. The highest BCUT2D eigenvalue weighted by atomic mass is 16.5. The van der Waals surface area contributed by atoms with Crippen molar-refractivity contribution in [3.05, 3.63) is 0 Å². The van der Waals surface area contributed by atoms with Gasteiger partial charge in [0.25, 0.3) is 0 Å². The maximum atomic E-state index is 9.40. The average Bonchev–Trinajstić information content (AvgIpc) is 2.92. The molecule has 1 fully saturated rings. The summed E-state index contributed by atoms with van der Waals surface area (Å²) >= 11 is 0. The molecule has 1 rings (SSSR count). The number of aliphatic hydroxyl groups excluding tert-OH is 1. The minimum absolute atomic E-state index is 0.391. The SMILES string of the molecule is COCCOCC(O)CNC1CC1. The number of ether oxygens (including phenoxy) is 2. The molecule has 0 aromatic heterocycles. The van der Waals surface area contributed by atoms with Crippen LogP contribution in [0.4, 0.5) is 0 Å². The van der Waals surface area contributed by atoms with Gasteiger partial charge in [-0.15, -0.1) is 0 Å². The highest BCUT2D eigenvalue weighted by molar-refractivity contribution is 4.81. The van der Waals surface area contributed by atoms with E-state index in [4.69, 9.17) is 9.47 Å². The van der Waals surface area contributed by atoms with Crippen LogP contribution in [0.3, 0.4) is 0 Å². The van der Waals surface area contributed by atoms with Crippen LogP contribution in [0.15, 0.2) is 0 Å². The summed E-state index contributed by atoms with van der Waals surface area (Å²) in [5.74, 6) is 0. The molecule has 0 bridgehead atoms. The fourth-order valence-corrected chi connectivity index (χ4v) is 1.01. The summed E-state index contributed by atoms with van der Waals surface area (Å²) < 4.78 is 9.98. The van der Waals surface area contributed by atoms with Gasteiger partial charge in [-0.1, -0.05) is 0 Å². The molecular weight excluding hydrogens is 170 g/mol. The molecule has 2 N–H and O–H groups in total. The fourth-order valence-electron chi connectivity index (χ4n) is 1.01. The van der Waals surface area contributed by atoms with Crippen LogP contribution in [0.1, 0.15) is 12.8 Å². The Kier molecular flexibility index (Phi) is 5.31. The van der Waals surface area contributed by atoms with Crippen LogP contribution in [0.5, 0.6) is 0 Å². The summed E-state index contributed by atoms with van der Waals surface area (Å²) in [6.45, 7) is 2.17. The first-order chi connectivity index (χ1) is 6.33. The van der Waals surface area contributed by atoms with Gasteiger partial charge in [-0.25, -0.2) is 0 Å². The van der Waals surface area contributed by atoms with Crippen molar-refractivity contribution in [1.82, 2.24) is 5.32 Å². The van der Waals surface area contributed by atoms with Crippen molar-refractivity contribution in [2.45, 2.75) is 25.0 Å². The second kappa shape index (κ2) is 6.32. The number of aliphatic hydroxyl groups is 1. The van der Waals surface area contributed by atoms with Gasteiger partial charge in [0, 0.05) is 19.7 Å². The van der Waals surface area contributed by atoms with Crippen molar-refractivity contribution in [1.29, 1.82) is 0 Å². The van der Waals surface area contributed by atoms with E-state index in [1.54, 1.807) is 7.11 Å². The second-order valence-electron chi connectivity index (χ2n) is 3.40. The molecule has 13 heavy (non-hydrogen) atoms. The smallest absolute Gasteiger partial charge is 0.0897 e. The molecule has 78 valence electrons.